The van der Waals surface area contributed by atoms with E-state index < -0.39 is 6.10 Å². The van der Waals surface area contributed by atoms with Crippen LogP contribution >= 0.6 is 0 Å². The first-order valence-electron chi connectivity index (χ1n) is 34.4. The molecule has 0 aliphatic heterocycles. The lowest BCUT2D eigenvalue weighted by atomic mass is 10.0. The van der Waals surface area contributed by atoms with E-state index in [-0.39, 0.29) is 31.1 Å². The lowest BCUT2D eigenvalue weighted by Crippen LogP contribution is -2.30. The molecule has 0 bridgehead atoms. The SMILES string of the molecule is CC/C=C\C/C=C\C/C=C\C/C=C\C/C=C\CCCCCCCCCCCCCC(=O)OCC(COC(=O)CCCCCCCCCCCCCCC)OC(=O)CCCCCCCCCCC/C=C\CCCCCCCCCC. The van der Waals surface area contributed by atoms with Gasteiger partial charge in [-0.15, -0.1) is 0 Å². The van der Waals surface area contributed by atoms with Crippen LogP contribution in [0.4, 0.5) is 0 Å². The van der Waals surface area contributed by atoms with Crippen LogP contribution in [-0.4, -0.2) is 37.2 Å². The van der Waals surface area contributed by atoms with Crippen molar-refractivity contribution in [2.24, 2.45) is 0 Å². The normalized spacial score (nSPS) is 12.5. The molecule has 0 aliphatic rings. The van der Waals surface area contributed by atoms with Crippen molar-refractivity contribution in [3.05, 3.63) is 72.9 Å². The Kier molecular flexibility index (Phi) is 64.7. The highest BCUT2D eigenvalue weighted by Gasteiger charge is 2.19. The van der Waals surface area contributed by atoms with E-state index in [2.05, 4.69) is 93.7 Å². The number of hydrogen-bond donors (Lipinski definition) is 0. The molecule has 0 fully saturated rings. The van der Waals surface area contributed by atoms with Crippen LogP contribution in [0.1, 0.15) is 355 Å². The predicted octanol–water partition coefficient (Wildman–Crippen LogP) is 23.7. The Labute approximate surface area is 491 Å². The molecule has 6 nitrogen and oxygen atoms in total. The highest BCUT2D eigenvalue weighted by Crippen LogP contribution is 2.17. The number of carbonyl (C=O) groups is 3. The monoisotopic (exact) mass is 1100 g/mol. The van der Waals surface area contributed by atoms with Gasteiger partial charge in [0.15, 0.2) is 6.10 Å². The van der Waals surface area contributed by atoms with Crippen molar-refractivity contribution >= 4 is 17.9 Å². The minimum atomic E-state index is -0.777. The number of carbonyl (C=O) groups excluding carboxylic acids is 3. The van der Waals surface area contributed by atoms with Crippen LogP contribution in [0, 0.1) is 0 Å². The number of rotatable bonds is 63. The number of hydrogen-bond acceptors (Lipinski definition) is 6. The summed E-state index contributed by atoms with van der Waals surface area (Å²) in [6.45, 7) is 6.57. The maximum atomic E-state index is 12.9. The van der Waals surface area contributed by atoms with Crippen molar-refractivity contribution in [2.75, 3.05) is 13.2 Å². The highest BCUT2D eigenvalue weighted by molar-refractivity contribution is 5.71. The lowest BCUT2D eigenvalue weighted by molar-refractivity contribution is -0.167. The van der Waals surface area contributed by atoms with Crippen molar-refractivity contribution in [2.45, 2.75) is 361 Å². The van der Waals surface area contributed by atoms with Crippen LogP contribution in [0.25, 0.3) is 0 Å². The highest BCUT2D eigenvalue weighted by atomic mass is 16.6. The van der Waals surface area contributed by atoms with Gasteiger partial charge in [-0.25, -0.2) is 0 Å². The molecule has 1 atom stereocenters. The van der Waals surface area contributed by atoms with Gasteiger partial charge < -0.3 is 14.2 Å². The standard InChI is InChI=1S/C73H130O6/c1-4-7-10-13-16-19-22-25-27-29-31-33-34-35-36-37-38-40-41-43-45-48-51-54-57-60-63-66-72(75)78-69-70(68-77-71(74)65-62-59-56-53-50-47-24-21-18-15-12-9-6-3)79-73(76)67-64-61-58-55-52-49-46-44-42-39-32-30-28-26-23-20-17-14-11-8-5-2/h7,10,16,19,25,27,30-33,35-36,70H,4-6,8-9,11-15,17-18,20-24,26,28-29,34,37-69H2,1-3H3/b10-7-,19-16-,27-25-,32-30-,33-31-,36-35-. The number of ether oxygens (including phenoxy) is 3. The van der Waals surface area contributed by atoms with Gasteiger partial charge in [-0.1, -0.05) is 318 Å². The molecule has 0 heterocycles. The molecule has 1 unspecified atom stereocenters. The second-order valence-electron chi connectivity index (χ2n) is 23.1. The molecule has 458 valence electrons. The van der Waals surface area contributed by atoms with Crippen molar-refractivity contribution in [1.82, 2.24) is 0 Å². The largest absolute Gasteiger partial charge is 0.462 e. The van der Waals surface area contributed by atoms with E-state index in [0.29, 0.717) is 19.3 Å². The molecule has 0 N–H and O–H groups in total. The first-order valence-corrected chi connectivity index (χ1v) is 34.4. The average Bonchev–Trinajstić information content (AvgIpc) is 3.45. The van der Waals surface area contributed by atoms with E-state index in [1.807, 2.05) is 0 Å². The zero-order chi connectivity index (χ0) is 57.1. The minimum Gasteiger partial charge on any atom is -0.462 e. The van der Waals surface area contributed by atoms with Gasteiger partial charge in [-0.3, -0.25) is 14.4 Å². The third-order valence-corrected chi connectivity index (χ3v) is 15.2. The molecular formula is C73H130O6. The zero-order valence-electron chi connectivity index (χ0n) is 52.6. The quantitative estimate of drug-likeness (QED) is 0.0261. The summed E-state index contributed by atoms with van der Waals surface area (Å²) in [5, 5.41) is 0. The summed E-state index contributed by atoms with van der Waals surface area (Å²) in [6.07, 6.45) is 87.7. The van der Waals surface area contributed by atoms with Gasteiger partial charge in [0.05, 0.1) is 0 Å². The van der Waals surface area contributed by atoms with E-state index in [0.717, 1.165) is 89.9 Å². The maximum absolute atomic E-state index is 12.9. The number of esters is 3. The second-order valence-corrected chi connectivity index (χ2v) is 23.1. The Bertz CT molecular complexity index is 1450. The van der Waals surface area contributed by atoms with Crippen LogP contribution in [0.2, 0.25) is 0 Å². The Morgan fingerprint density at radius 3 is 0.785 bits per heavy atom. The predicted molar refractivity (Wildman–Crippen MR) is 344 cm³/mol. The summed E-state index contributed by atoms with van der Waals surface area (Å²) in [5.74, 6) is -0.857. The first-order chi connectivity index (χ1) is 39.0. The topological polar surface area (TPSA) is 78.9 Å². The molecule has 0 aromatic carbocycles. The fourth-order valence-electron chi connectivity index (χ4n) is 10.1. The van der Waals surface area contributed by atoms with E-state index in [4.69, 9.17) is 14.2 Å². The fraction of sp³-hybridized carbons (Fsp3) is 0.795. The van der Waals surface area contributed by atoms with E-state index >= 15 is 0 Å². The summed E-state index contributed by atoms with van der Waals surface area (Å²) in [4.78, 5) is 38.4. The van der Waals surface area contributed by atoms with Gasteiger partial charge in [0.1, 0.15) is 13.2 Å². The van der Waals surface area contributed by atoms with Crippen molar-refractivity contribution in [3.63, 3.8) is 0 Å². The molecule has 0 rings (SSSR count). The summed E-state index contributed by atoms with van der Waals surface area (Å²) in [6, 6.07) is 0. The number of allylic oxidation sites excluding steroid dienone is 12. The van der Waals surface area contributed by atoms with Gasteiger partial charge >= 0.3 is 17.9 Å². The molecule has 0 amide bonds. The third-order valence-electron chi connectivity index (χ3n) is 15.2. The van der Waals surface area contributed by atoms with Gasteiger partial charge in [0, 0.05) is 19.3 Å². The molecule has 79 heavy (non-hydrogen) atoms. The Morgan fingerprint density at radius 1 is 0.266 bits per heavy atom. The lowest BCUT2D eigenvalue weighted by Gasteiger charge is -2.18. The fourth-order valence-corrected chi connectivity index (χ4v) is 10.1. The maximum Gasteiger partial charge on any atom is 0.306 e. The van der Waals surface area contributed by atoms with Crippen molar-refractivity contribution in [1.29, 1.82) is 0 Å². The van der Waals surface area contributed by atoms with Crippen LogP contribution in [0.3, 0.4) is 0 Å². The molecule has 0 radical (unpaired) electrons. The van der Waals surface area contributed by atoms with Crippen LogP contribution in [0.15, 0.2) is 72.9 Å². The summed E-state index contributed by atoms with van der Waals surface area (Å²) < 4.78 is 17.0. The molecule has 0 saturated heterocycles. The Balaban J connectivity index is 4.27. The van der Waals surface area contributed by atoms with Gasteiger partial charge in [-0.2, -0.15) is 0 Å². The minimum absolute atomic E-state index is 0.0724. The van der Waals surface area contributed by atoms with Gasteiger partial charge in [0.25, 0.3) is 0 Å². The first kappa shape index (κ1) is 75.8. The zero-order valence-corrected chi connectivity index (χ0v) is 52.6. The molecule has 0 aromatic heterocycles. The van der Waals surface area contributed by atoms with E-state index in [1.165, 1.54) is 225 Å². The second kappa shape index (κ2) is 67.4. The smallest absolute Gasteiger partial charge is 0.306 e. The molecule has 6 heteroatoms. The Morgan fingerprint density at radius 2 is 0.494 bits per heavy atom. The van der Waals surface area contributed by atoms with Crippen molar-refractivity contribution in [3.8, 4) is 0 Å². The molecule has 0 aromatic rings. The van der Waals surface area contributed by atoms with E-state index in [1.54, 1.807) is 0 Å². The molecule has 0 spiro atoms. The number of unbranched alkanes of at least 4 members (excludes halogenated alkanes) is 40. The van der Waals surface area contributed by atoms with Crippen LogP contribution < -0.4 is 0 Å². The van der Waals surface area contributed by atoms with E-state index in [9.17, 15) is 14.4 Å². The van der Waals surface area contributed by atoms with Crippen molar-refractivity contribution < 1.29 is 28.6 Å². The van der Waals surface area contributed by atoms with Gasteiger partial charge in [0.2, 0.25) is 0 Å². The molecular weight excluding hydrogens is 973 g/mol. The van der Waals surface area contributed by atoms with Crippen LogP contribution in [0.5, 0.6) is 0 Å². The summed E-state index contributed by atoms with van der Waals surface area (Å²) >= 11 is 0. The molecule has 0 saturated carbocycles. The Hall–Kier alpha value is -3.15. The third kappa shape index (κ3) is 65.5. The van der Waals surface area contributed by atoms with Crippen LogP contribution in [-0.2, 0) is 28.6 Å². The average molecular weight is 1100 g/mol. The summed E-state index contributed by atoms with van der Waals surface area (Å²) in [7, 11) is 0. The summed E-state index contributed by atoms with van der Waals surface area (Å²) in [5.41, 5.74) is 0. The molecule has 0 aliphatic carbocycles. The van der Waals surface area contributed by atoms with Gasteiger partial charge in [-0.05, 0) is 89.9 Å².